The van der Waals surface area contributed by atoms with Gasteiger partial charge in [0.1, 0.15) is 5.75 Å². The Morgan fingerprint density at radius 2 is 1.39 bits per heavy atom. The zero-order valence-electron chi connectivity index (χ0n) is 15.9. The molecule has 0 spiro atoms. The Kier molecular flexibility index (Phi) is 6.52. The number of ether oxygens (including phenoxy) is 3. The minimum atomic E-state index is -0.291. The molecule has 0 heterocycles. The van der Waals surface area contributed by atoms with E-state index in [1.54, 1.807) is 26.4 Å². The van der Waals surface area contributed by atoms with Gasteiger partial charge >= 0.3 is 0 Å². The SMILES string of the molecule is COc1ccc([C@H](NC(=O)COc2ccccc2OC)c2ccccc2)cc1. The van der Waals surface area contributed by atoms with Crippen molar-refractivity contribution in [1.82, 2.24) is 5.32 Å². The first-order valence-corrected chi connectivity index (χ1v) is 8.95. The largest absolute Gasteiger partial charge is 0.497 e. The average Bonchev–Trinajstić information content (AvgIpc) is 2.77. The summed E-state index contributed by atoms with van der Waals surface area (Å²) in [6, 6.07) is 24.4. The number of carbonyl (C=O) groups is 1. The van der Waals surface area contributed by atoms with Crippen molar-refractivity contribution in [3.8, 4) is 17.2 Å². The molecule has 0 bridgehead atoms. The van der Waals surface area contributed by atoms with Crippen LogP contribution in [0.5, 0.6) is 17.2 Å². The van der Waals surface area contributed by atoms with Crippen molar-refractivity contribution in [2.24, 2.45) is 0 Å². The van der Waals surface area contributed by atoms with Crippen molar-refractivity contribution in [2.75, 3.05) is 20.8 Å². The molecule has 144 valence electrons. The van der Waals surface area contributed by atoms with Gasteiger partial charge < -0.3 is 19.5 Å². The van der Waals surface area contributed by atoms with Gasteiger partial charge in [-0.05, 0) is 35.4 Å². The highest BCUT2D eigenvalue weighted by Crippen LogP contribution is 2.26. The van der Waals surface area contributed by atoms with E-state index in [4.69, 9.17) is 14.2 Å². The summed E-state index contributed by atoms with van der Waals surface area (Å²) >= 11 is 0. The van der Waals surface area contributed by atoms with Crippen LogP contribution in [0.3, 0.4) is 0 Å². The zero-order valence-corrected chi connectivity index (χ0v) is 15.9. The molecular weight excluding hydrogens is 354 g/mol. The van der Waals surface area contributed by atoms with Crippen LogP contribution in [0, 0.1) is 0 Å². The Morgan fingerprint density at radius 1 is 0.786 bits per heavy atom. The summed E-state index contributed by atoms with van der Waals surface area (Å²) in [6.07, 6.45) is 0. The molecule has 0 fully saturated rings. The van der Waals surface area contributed by atoms with Gasteiger partial charge in [0, 0.05) is 0 Å². The first-order chi connectivity index (χ1) is 13.7. The van der Waals surface area contributed by atoms with Crippen LogP contribution in [0.1, 0.15) is 17.2 Å². The molecule has 3 rings (SSSR count). The van der Waals surface area contributed by atoms with Crippen molar-refractivity contribution in [1.29, 1.82) is 0 Å². The molecule has 1 atom stereocenters. The van der Waals surface area contributed by atoms with Gasteiger partial charge in [-0.1, -0.05) is 54.6 Å². The number of amides is 1. The Balaban J connectivity index is 1.74. The third kappa shape index (κ3) is 4.82. The summed E-state index contributed by atoms with van der Waals surface area (Å²) in [5.41, 5.74) is 1.94. The number of hydrogen-bond acceptors (Lipinski definition) is 4. The highest BCUT2D eigenvalue weighted by atomic mass is 16.5. The number of carbonyl (C=O) groups excluding carboxylic acids is 1. The summed E-state index contributed by atoms with van der Waals surface area (Å²) in [6.45, 7) is -0.111. The van der Waals surface area contributed by atoms with Crippen LogP contribution < -0.4 is 19.5 Å². The van der Waals surface area contributed by atoms with Crippen LogP contribution >= 0.6 is 0 Å². The minimum Gasteiger partial charge on any atom is -0.497 e. The fraction of sp³-hybridized carbons (Fsp3) is 0.174. The number of rotatable bonds is 8. The third-order valence-corrected chi connectivity index (χ3v) is 4.32. The van der Waals surface area contributed by atoms with Gasteiger partial charge in [0.2, 0.25) is 0 Å². The molecule has 28 heavy (non-hydrogen) atoms. The lowest BCUT2D eigenvalue weighted by Gasteiger charge is -2.20. The number of benzene rings is 3. The second kappa shape index (κ2) is 9.46. The molecule has 0 aromatic heterocycles. The Morgan fingerprint density at radius 3 is 2.04 bits per heavy atom. The van der Waals surface area contributed by atoms with Crippen molar-refractivity contribution in [2.45, 2.75) is 6.04 Å². The van der Waals surface area contributed by atoms with Gasteiger partial charge in [0.15, 0.2) is 18.1 Å². The van der Waals surface area contributed by atoms with Crippen LogP contribution in [-0.2, 0) is 4.79 Å². The Labute approximate surface area is 164 Å². The normalized spacial score (nSPS) is 11.4. The van der Waals surface area contributed by atoms with Crippen LogP contribution in [0.2, 0.25) is 0 Å². The van der Waals surface area contributed by atoms with E-state index in [0.29, 0.717) is 11.5 Å². The molecule has 0 saturated heterocycles. The third-order valence-electron chi connectivity index (χ3n) is 4.32. The lowest BCUT2D eigenvalue weighted by atomic mass is 9.98. The van der Waals surface area contributed by atoms with E-state index in [0.717, 1.165) is 16.9 Å². The van der Waals surface area contributed by atoms with Crippen LogP contribution in [-0.4, -0.2) is 26.7 Å². The lowest BCUT2D eigenvalue weighted by Crippen LogP contribution is -2.33. The number of para-hydroxylation sites is 2. The monoisotopic (exact) mass is 377 g/mol. The Hall–Kier alpha value is -3.47. The van der Waals surface area contributed by atoms with Gasteiger partial charge in [-0.25, -0.2) is 0 Å². The average molecular weight is 377 g/mol. The van der Waals surface area contributed by atoms with Gasteiger partial charge in [-0.2, -0.15) is 0 Å². The van der Waals surface area contributed by atoms with E-state index in [1.165, 1.54) is 0 Å². The maximum atomic E-state index is 12.6. The second-order valence-electron chi connectivity index (χ2n) is 6.12. The van der Waals surface area contributed by atoms with E-state index in [9.17, 15) is 4.79 Å². The predicted octanol–water partition coefficient (Wildman–Crippen LogP) is 3.99. The molecule has 5 heteroatoms. The molecule has 5 nitrogen and oxygen atoms in total. The van der Waals surface area contributed by atoms with Gasteiger partial charge in [-0.15, -0.1) is 0 Å². The molecular formula is C23H23NO4. The number of methoxy groups -OCH3 is 2. The highest BCUT2D eigenvalue weighted by molar-refractivity contribution is 5.78. The maximum absolute atomic E-state index is 12.6. The molecule has 0 radical (unpaired) electrons. The summed E-state index contributed by atoms with van der Waals surface area (Å²) in [5, 5.41) is 3.05. The topological polar surface area (TPSA) is 56.8 Å². The first kappa shape index (κ1) is 19.3. The van der Waals surface area contributed by atoms with Crippen molar-refractivity contribution >= 4 is 5.91 Å². The standard InChI is InChI=1S/C23H23NO4/c1-26-19-14-12-18(13-15-19)23(17-8-4-3-5-9-17)24-22(25)16-28-21-11-7-6-10-20(21)27-2/h3-15,23H,16H2,1-2H3,(H,24,25)/t23-/m1/s1. The first-order valence-electron chi connectivity index (χ1n) is 8.95. The van der Waals surface area contributed by atoms with Crippen LogP contribution in [0.15, 0.2) is 78.9 Å². The van der Waals surface area contributed by atoms with E-state index in [1.807, 2.05) is 66.7 Å². The maximum Gasteiger partial charge on any atom is 0.258 e. The predicted molar refractivity (Wildman–Crippen MR) is 108 cm³/mol. The zero-order chi connectivity index (χ0) is 19.8. The van der Waals surface area contributed by atoms with E-state index >= 15 is 0 Å². The Bertz CT molecular complexity index is 894. The second-order valence-corrected chi connectivity index (χ2v) is 6.12. The number of hydrogen-bond donors (Lipinski definition) is 1. The van der Waals surface area contributed by atoms with E-state index < -0.39 is 0 Å². The molecule has 0 aliphatic rings. The highest BCUT2D eigenvalue weighted by Gasteiger charge is 2.17. The fourth-order valence-electron chi connectivity index (χ4n) is 2.88. The lowest BCUT2D eigenvalue weighted by molar-refractivity contribution is -0.123. The number of nitrogens with one attached hydrogen (secondary N) is 1. The quantitative estimate of drug-likeness (QED) is 0.645. The molecule has 0 unspecified atom stereocenters. The smallest absolute Gasteiger partial charge is 0.258 e. The van der Waals surface area contributed by atoms with E-state index in [-0.39, 0.29) is 18.6 Å². The van der Waals surface area contributed by atoms with Crippen LogP contribution in [0.25, 0.3) is 0 Å². The molecule has 1 amide bonds. The minimum absolute atomic E-state index is 0.111. The van der Waals surface area contributed by atoms with Gasteiger partial charge in [0.25, 0.3) is 5.91 Å². The van der Waals surface area contributed by atoms with Crippen molar-refractivity contribution < 1.29 is 19.0 Å². The molecule has 3 aromatic carbocycles. The summed E-state index contributed by atoms with van der Waals surface area (Å²) in [5.74, 6) is 1.66. The molecule has 3 aromatic rings. The molecule has 1 N–H and O–H groups in total. The van der Waals surface area contributed by atoms with Crippen LogP contribution in [0.4, 0.5) is 0 Å². The van der Waals surface area contributed by atoms with Crippen molar-refractivity contribution in [3.63, 3.8) is 0 Å². The summed E-state index contributed by atoms with van der Waals surface area (Å²) < 4.78 is 16.1. The fourth-order valence-corrected chi connectivity index (χ4v) is 2.88. The summed E-state index contributed by atoms with van der Waals surface area (Å²) in [7, 11) is 3.19. The van der Waals surface area contributed by atoms with Crippen molar-refractivity contribution in [3.05, 3.63) is 90.0 Å². The molecule has 0 aliphatic carbocycles. The van der Waals surface area contributed by atoms with Gasteiger partial charge in [0.05, 0.1) is 20.3 Å². The van der Waals surface area contributed by atoms with E-state index in [2.05, 4.69) is 5.32 Å². The molecule has 0 saturated carbocycles. The summed E-state index contributed by atoms with van der Waals surface area (Å²) in [4.78, 5) is 12.6. The molecule has 0 aliphatic heterocycles. The van der Waals surface area contributed by atoms with Gasteiger partial charge in [-0.3, -0.25) is 4.79 Å².